The fourth-order valence-corrected chi connectivity index (χ4v) is 4.05. The topological polar surface area (TPSA) is 102 Å². The molecule has 1 atom stereocenters. The maximum atomic E-state index is 9.10. The van der Waals surface area contributed by atoms with Crippen LogP contribution in [0.2, 0.25) is 15.1 Å². The Kier molecular flexibility index (Phi) is 11.6. The number of thioether (sulfide) groups is 1. The maximum Gasteiger partial charge on any atom is 0.414 e. The van der Waals surface area contributed by atoms with Crippen molar-refractivity contribution < 1.29 is 24.5 Å². The molecule has 0 saturated carbocycles. The SMILES string of the molecule is Clc1ccc(CSCCOC(Cn2ccnc2)c2ccc(Cl)cc2Cl)cc1.O=C(O)C(=O)O. The molecule has 1 aromatic heterocycles. The predicted octanol–water partition coefficient (Wildman–Crippen LogP) is 5.69. The number of aromatic nitrogens is 2. The van der Waals surface area contributed by atoms with E-state index in [9.17, 15) is 0 Å². The van der Waals surface area contributed by atoms with Gasteiger partial charge in [0.1, 0.15) is 6.10 Å². The summed E-state index contributed by atoms with van der Waals surface area (Å²) in [6.45, 7) is 1.26. The number of imidazole rings is 1. The molecule has 2 aromatic carbocycles. The standard InChI is InChI=1S/C20H19Cl3N2OS.C2H2O4/c21-16-3-1-15(2-4-16)13-27-10-9-26-20(12-25-8-7-24-14-25)18-6-5-17(22)11-19(18)23;3-1(4)2(5)6/h1-8,11,14,20H,9-10,12-13H2;(H,3,4)(H,5,6). The number of hydrogen-bond acceptors (Lipinski definition) is 5. The number of rotatable bonds is 9. The molecule has 7 nitrogen and oxygen atoms in total. The fraction of sp³-hybridized carbons (Fsp3) is 0.227. The molecular weight excluding hydrogens is 511 g/mol. The molecule has 0 bridgehead atoms. The number of aliphatic carboxylic acids is 2. The summed E-state index contributed by atoms with van der Waals surface area (Å²) in [6, 6.07) is 13.4. The van der Waals surface area contributed by atoms with Gasteiger partial charge in [0.05, 0.1) is 19.5 Å². The highest BCUT2D eigenvalue weighted by Crippen LogP contribution is 2.30. The zero-order valence-corrected chi connectivity index (χ0v) is 20.3. The van der Waals surface area contributed by atoms with E-state index in [0.717, 1.165) is 22.1 Å². The zero-order valence-electron chi connectivity index (χ0n) is 17.2. The Morgan fingerprint density at radius 1 is 1.03 bits per heavy atom. The van der Waals surface area contributed by atoms with E-state index in [1.807, 2.05) is 58.9 Å². The largest absolute Gasteiger partial charge is 0.473 e. The summed E-state index contributed by atoms with van der Waals surface area (Å²) in [5, 5.41) is 16.8. The molecule has 0 aliphatic heterocycles. The van der Waals surface area contributed by atoms with E-state index >= 15 is 0 Å². The van der Waals surface area contributed by atoms with Crippen molar-refractivity contribution >= 4 is 58.5 Å². The van der Waals surface area contributed by atoms with Crippen LogP contribution in [0.5, 0.6) is 0 Å². The van der Waals surface area contributed by atoms with Crippen molar-refractivity contribution in [1.82, 2.24) is 9.55 Å². The van der Waals surface area contributed by atoms with Crippen LogP contribution < -0.4 is 0 Å². The van der Waals surface area contributed by atoms with Gasteiger partial charge < -0.3 is 19.5 Å². The highest BCUT2D eigenvalue weighted by molar-refractivity contribution is 7.98. The van der Waals surface area contributed by atoms with Crippen molar-refractivity contribution in [3.63, 3.8) is 0 Å². The van der Waals surface area contributed by atoms with E-state index < -0.39 is 11.9 Å². The van der Waals surface area contributed by atoms with Gasteiger partial charge in [0, 0.05) is 44.5 Å². The third-order valence-electron chi connectivity index (χ3n) is 4.16. The van der Waals surface area contributed by atoms with Gasteiger partial charge >= 0.3 is 11.9 Å². The highest BCUT2D eigenvalue weighted by atomic mass is 35.5. The average Bonchev–Trinajstić information content (AvgIpc) is 3.28. The van der Waals surface area contributed by atoms with Crippen LogP contribution in [0, 0.1) is 0 Å². The Hall–Kier alpha value is -2.23. The molecule has 1 heterocycles. The van der Waals surface area contributed by atoms with Gasteiger partial charge in [-0.1, -0.05) is 53.0 Å². The summed E-state index contributed by atoms with van der Waals surface area (Å²) in [5.74, 6) is -1.84. The Balaban J connectivity index is 0.000000569. The molecule has 3 rings (SSSR count). The molecule has 176 valence electrons. The summed E-state index contributed by atoms with van der Waals surface area (Å²) >= 11 is 20.2. The van der Waals surface area contributed by atoms with Gasteiger partial charge in [-0.3, -0.25) is 0 Å². The third-order valence-corrected chi connectivity index (χ3v) is 5.96. The summed E-state index contributed by atoms with van der Waals surface area (Å²) in [6.07, 6.45) is 5.27. The van der Waals surface area contributed by atoms with Crippen molar-refractivity contribution in [3.05, 3.63) is 87.4 Å². The van der Waals surface area contributed by atoms with E-state index in [1.165, 1.54) is 5.56 Å². The van der Waals surface area contributed by atoms with E-state index in [-0.39, 0.29) is 6.10 Å². The number of hydrogen-bond donors (Lipinski definition) is 2. The number of ether oxygens (including phenoxy) is 1. The molecule has 3 aromatic rings. The second-order valence-electron chi connectivity index (χ2n) is 6.57. The van der Waals surface area contributed by atoms with Gasteiger partial charge in [0.2, 0.25) is 0 Å². The third kappa shape index (κ3) is 10.1. The molecule has 0 amide bonds. The maximum absolute atomic E-state index is 9.10. The molecule has 0 aliphatic carbocycles. The Morgan fingerprint density at radius 3 is 2.27 bits per heavy atom. The quantitative estimate of drug-likeness (QED) is 0.270. The molecule has 2 N–H and O–H groups in total. The first-order chi connectivity index (χ1) is 15.8. The molecular formula is C22H21Cl3N2O5S. The lowest BCUT2D eigenvalue weighted by molar-refractivity contribution is -0.159. The lowest BCUT2D eigenvalue weighted by Gasteiger charge is -2.20. The van der Waals surface area contributed by atoms with Crippen LogP contribution in [0.25, 0.3) is 0 Å². The Bertz CT molecular complexity index is 1020. The van der Waals surface area contributed by atoms with E-state index in [4.69, 9.17) is 59.3 Å². The average molecular weight is 532 g/mol. The molecule has 0 radical (unpaired) electrons. The molecule has 11 heteroatoms. The predicted molar refractivity (Wildman–Crippen MR) is 130 cm³/mol. The Morgan fingerprint density at radius 2 is 1.70 bits per heavy atom. The second-order valence-corrected chi connectivity index (χ2v) is 8.96. The fourth-order valence-electron chi connectivity index (χ4n) is 2.61. The van der Waals surface area contributed by atoms with Crippen LogP contribution in [-0.2, 0) is 26.6 Å². The van der Waals surface area contributed by atoms with Gasteiger partial charge in [0.15, 0.2) is 0 Å². The minimum absolute atomic E-state index is 0.167. The summed E-state index contributed by atoms with van der Waals surface area (Å²) < 4.78 is 8.14. The van der Waals surface area contributed by atoms with Crippen LogP contribution in [0.3, 0.4) is 0 Å². The molecule has 0 fully saturated rings. The first-order valence-corrected chi connectivity index (χ1v) is 11.9. The number of carboxylic acids is 2. The summed E-state index contributed by atoms with van der Waals surface area (Å²) in [5.41, 5.74) is 2.18. The van der Waals surface area contributed by atoms with Crippen molar-refractivity contribution in [1.29, 1.82) is 0 Å². The van der Waals surface area contributed by atoms with Gasteiger partial charge in [-0.25, -0.2) is 14.6 Å². The number of carbonyl (C=O) groups is 2. The van der Waals surface area contributed by atoms with Crippen molar-refractivity contribution in [2.45, 2.75) is 18.4 Å². The normalized spacial score (nSPS) is 11.4. The minimum Gasteiger partial charge on any atom is -0.473 e. The molecule has 0 saturated heterocycles. The number of benzene rings is 2. The zero-order chi connectivity index (χ0) is 24.2. The lowest BCUT2D eigenvalue weighted by Crippen LogP contribution is -2.14. The van der Waals surface area contributed by atoms with Crippen LogP contribution in [0.15, 0.2) is 61.2 Å². The van der Waals surface area contributed by atoms with Crippen LogP contribution in [0.1, 0.15) is 17.2 Å². The minimum atomic E-state index is -1.82. The molecule has 33 heavy (non-hydrogen) atoms. The number of halogens is 3. The van der Waals surface area contributed by atoms with Gasteiger partial charge in [0.25, 0.3) is 0 Å². The first kappa shape index (κ1) is 27.0. The van der Waals surface area contributed by atoms with Crippen LogP contribution in [-0.4, -0.2) is 44.1 Å². The molecule has 0 spiro atoms. The van der Waals surface area contributed by atoms with Crippen LogP contribution in [0.4, 0.5) is 0 Å². The van der Waals surface area contributed by atoms with E-state index in [0.29, 0.717) is 23.2 Å². The number of carboxylic acid groups (broad SMARTS) is 2. The number of nitrogens with zero attached hydrogens (tertiary/aromatic N) is 2. The van der Waals surface area contributed by atoms with Crippen LogP contribution >= 0.6 is 46.6 Å². The smallest absolute Gasteiger partial charge is 0.414 e. The van der Waals surface area contributed by atoms with Gasteiger partial charge in [-0.05, 0) is 29.8 Å². The molecule has 1 unspecified atom stereocenters. The monoisotopic (exact) mass is 530 g/mol. The second kappa shape index (κ2) is 14.1. The van der Waals surface area contributed by atoms with Gasteiger partial charge in [-0.15, -0.1) is 0 Å². The van der Waals surface area contributed by atoms with Crippen molar-refractivity contribution in [3.8, 4) is 0 Å². The van der Waals surface area contributed by atoms with Gasteiger partial charge in [-0.2, -0.15) is 11.8 Å². The molecule has 0 aliphatic rings. The van der Waals surface area contributed by atoms with E-state index in [2.05, 4.69) is 4.98 Å². The van der Waals surface area contributed by atoms with Crippen molar-refractivity contribution in [2.75, 3.05) is 12.4 Å². The highest BCUT2D eigenvalue weighted by Gasteiger charge is 2.16. The van der Waals surface area contributed by atoms with E-state index in [1.54, 1.807) is 18.6 Å². The summed E-state index contributed by atoms with van der Waals surface area (Å²) in [7, 11) is 0. The summed E-state index contributed by atoms with van der Waals surface area (Å²) in [4.78, 5) is 22.3. The Labute approximate surface area is 210 Å². The lowest BCUT2D eigenvalue weighted by atomic mass is 10.1. The first-order valence-electron chi connectivity index (χ1n) is 9.57. The van der Waals surface area contributed by atoms with Crippen molar-refractivity contribution in [2.24, 2.45) is 0 Å².